The van der Waals surface area contributed by atoms with Gasteiger partial charge in [0.2, 0.25) is 0 Å². The van der Waals surface area contributed by atoms with E-state index in [1.807, 2.05) is 12.1 Å². The molecule has 0 saturated heterocycles. The van der Waals surface area contributed by atoms with Crippen molar-refractivity contribution < 1.29 is 9.84 Å². The Bertz CT molecular complexity index is 595. The van der Waals surface area contributed by atoms with E-state index in [9.17, 15) is 5.11 Å². The predicted octanol–water partition coefficient (Wildman–Crippen LogP) is 3.09. The third kappa shape index (κ3) is 3.73. The fourth-order valence-corrected chi connectivity index (χ4v) is 3.04. The zero-order chi connectivity index (χ0) is 14.7. The minimum absolute atomic E-state index is 0. The third-order valence-electron chi connectivity index (χ3n) is 4.34. The van der Waals surface area contributed by atoms with Crippen LogP contribution in [0.4, 0.5) is 0 Å². The summed E-state index contributed by atoms with van der Waals surface area (Å²) in [7, 11) is 0. The highest BCUT2D eigenvalue weighted by Crippen LogP contribution is 2.28. The standard InChI is InChI=1S/C17H20N2O2.ClH/c18-10-15-11-19(8-6-16(15)20)7-5-13-9-14-3-1-2-4-17(14)21-12-13;/h1-4,13,20H,5-9,11-12H2;1H. The number of benzene rings is 1. The molecule has 0 spiro atoms. The van der Waals surface area contributed by atoms with Gasteiger partial charge in [-0.05, 0) is 36.9 Å². The summed E-state index contributed by atoms with van der Waals surface area (Å²) in [6.45, 7) is 3.14. The first-order valence-corrected chi connectivity index (χ1v) is 7.50. The third-order valence-corrected chi connectivity index (χ3v) is 4.34. The topological polar surface area (TPSA) is 56.5 Å². The largest absolute Gasteiger partial charge is 0.511 e. The fourth-order valence-electron chi connectivity index (χ4n) is 3.04. The zero-order valence-electron chi connectivity index (χ0n) is 12.5. The Morgan fingerprint density at radius 1 is 1.36 bits per heavy atom. The van der Waals surface area contributed by atoms with Gasteiger partial charge >= 0.3 is 0 Å². The number of para-hydroxylation sites is 1. The highest BCUT2D eigenvalue weighted by molar-refractivity contribution is 5.85. The van der Waals surface area contributed by atoms with Gasteiger partial charge in [-0.2, -0.15) is 5.26 Å². The van der Waals surface area contributed by atoms with Gasteiger partial charge in [-0.3, -0.25) is 4.90 Å². The van der Waals surface area contributed by atoms with Crippen molar-refractivity contribution in [3.63, 3.8) is 0 Å². The first-order chi connectivity index (χ1) is 10.3. The molecule has 0 aliphatic carbocycles. The van der Waals surface area contributed by atoms with E-state index in [0.29, 0.717) is 24.5 Å². The van der Waals surface area contributed by atoms with Gasteiger partial charge in [0.1, 0.15) is 11.5 Å². The van der Waals surface area contributed by atoms with Crippen LogP contribution in [-0.2, 0) is 6.42 Å². The molecule has 0 fully saturated rings. The Balaban J connectivity index is 0.00000176. The highest BCUT2D eigenvalue weighted by atomic mass is 35.5. The van der Waals surface area contributed by atoms with Gasteiger partial charge in [0, 0.05) is 19.5 Å². The molecule has 0 amide bonds. The second-order valence-corrected chi connectivity index (χ2v) is 5.84. The van der Waals surface area contributed by atoms with Crippen LogP contribution in [0, 0.1) is 17.2 Å². The van der Waals surface area contributed by atoms with E-state index in [0.717, 1.165) is 38.3 Å². The van der Waals surface area contributed by atoms with Crippen LogP contribution < -0.4 is 4.74 Å². The molecule has 0 saturated carbocycles. The first-order valence-electron chi connectivity index (χ1n) is 7.50. The predicted molar refractivity (Wildman–Crippen MR) is 87.3 cm³/mol. The molecule has 3 rings (SSSR count). The molecule has 1 aromatic carbocycles. The van der Waals surface area contributed by atoms with E-state index in [1.165, 1.54) is 5.56 Å². The lowest BCUT2D eigenvalue weighted by atomic mass is 9.93. The number of fused-ring (bicyclic) bond motifs is 1. The molecule has 1 unspecified atom stereocenters. The average Bonchev–Trinajstić information content (AvgIpc) is 2.54. The summed E-state index contributed by atoms with van der Waals surface area (Å²) in [5, 5.41) is 18.6. The van der Waals surface area contributed by atoms with Crippen molar-refractivity contribution in [2.75, 3.05) is 26.2 Å². The number of hydrogen-bond acceptors (Lipinski definition) is 4. The van der Waals surface area contributed by atoms with Crippen molar-refractivity contribution in [2.45, 2.75) is 19.3 Å². The maximum absolute atomic E-state index is 9.62. The number of rotatable bonds is 3. The molecular weight excluding hydrogens is 300 g/mol. The molecule has 1 N–H and O–H groups in total. The normalized spacial score (nSPS) is 21.3. The molecule has 0 bridgehead atoms. The number of hydrogen-bond donors (Lipinski definition) is 1. The molecule has 1 atom stereocenters. The molecule has 1 aromatic rings. The van der Waals surface area contributed by atoms with Crippen molar-refractivity contribution in [1.29, 1.82) is 5.26 Å². The lowest BCUT2D eigenvalue weighted by Crippen LogP contribution is -2.34. The summed E-state index contributed by atoms with van der Waals surface area (Å²) in [6, 6.07) is 10.3. The smallest absolute Gasteiger partial charge is 0.122 e. The number of ether oxygens (including phenoxy) is 1. The highest BCUT2D eigenvalue weighted by Gasteiger charge is 2.22. The SMILES string of the molecule is Cl.N#CC1=C(O)CCN(CCC2COc3ccccc3C2)C1. The van der Waals surface area contributed by atoms with Crippen LogP contribution in [0.1, 0.15) is 18.4 Å². The van der Waals surface area contributed by atoms with Crippen LogP contribution in [0.5, 0.6) is 5.75 Å². The molecule has 2 aliphatic heterocycles. The zero-order valence-corrected chi connectivity index (χ0v) is 13.3. The molecule has 4 nitrogen and oxygen atoms in total. The van der Waals surface area contributed by atoms with Crippen LogP contribution in [-0.4, -0.2) is 36.2 Å². The van der Waals surface area contributed by atoms with Crippen LogP contribution in [0.2, 0.25) is 0 Å². The summed E-state index contributed by atoms with van der Waals surface area (Å²) in [4.78, 5) is 2.25. The van der Waals surface area contributed by atoms with Crippen molar-refractivity contribution >= 4 is 12.4 Å². The van der Waals surface area contributed by atoms with Crippen molar-refractivity contribution in [2.24, 2.45) is 5.92 Å². The van der Waals surface area contributed by atoms with E-state index < -0.39 is 0 Å². The molecule has 22 heavy (non-hydrogen) atoms. The maximum atomic E-state index is 9.62. The Morgan fingerprint density at radius 3 is 3.00 bits per heavy atom. The van der Waals surface area contributed by atoms with Gasteiger partial charge < -0.3 is 9.84 Å². The quantitative estimate of drug-likeness (QED) is 0.929. The van der Waals surface area contributed by atoms with Gasteiger partial charge in [-0.1, -0.05) is 18.2 Å². The lowest BCUT2D eigenvalue weighted by Gasteiger charge is -2.30. The van der Waals surface area contributed by atoms with Crippen molar-refractivity contribution in [3.05, 3.63) is 41.2 Å². The summed E-state index contributed by atoms with van der Waals surface area (Å²) in [6.07, 6.45) is 2.72. The summed E-state index contributed by atoms with van der Waals surface area (Å²) in [5.41, 5.74) is 1.81. The fraction of sp³-hybridized carbons (Fsp3) is 0.471. The number of aliphatic hydroxyl groups is 1. The van der Waals surface area contributed by atoms with Gasteiger partial charge in [0.15, 0.2) is 0 Å². The van der Waals surface area contributed by atoms with Gasteiger partial charge in [0.25, 0.3) is 0 Å². The molecule has 0 radical (unpaired) electrons. The van der Waals surface area contributed by atoms with Crippen LogP contribution >= 0.6 is 12.4 Å². The maximum Gasteiger partial charge on any atom is 0.122 e. The number of aliphatic hydroxyl groups excluding tert-OH is 1. The van der Waals surface area contributed by atoms with Gasteiger partial charge in [-0.15, -0.1) is 12.4 Å². The summed E-state index contributed by atoms with van der Waals surface area (Å²) in [5.74, 6) is 1.82. The van der Waals surface area contributed by atoms with Crippen LogP contribution in [0.25, 0.3) is 0 Å². The number of halogens is 1. The van der Waals surface area contributed by atoms with Crippen molar-refractivity contribution in [3.8, 4) is 11.8 Å². The molecule has 5 heteroatoms. The van der Waals surface area contributed by atoms with E-state index in [4.69, 9.17) is 10.00 Å². The van der Waals surface area contributed by atoms with E-state index in [-0.39, 0.29) is 18.2 Å². The molecule has 2 heterocycles. The minimum Gasteiger partial charge on any atom is -0.511 e. The monoisotopic (exact) mass is 320 g/mol. The summed E-state index contributed by atoms with van der Waals surface area (Å²) >= 11 is 0. The van der Waals surface area contributed by atoms with Crippen LogP contribution in [0.3, 0.4) is 0 Å². The Morgan fingerprint density at radius 2 is 2.18 bits per heavy atom. The van der Waals surface area contributed by atoms with E-state index in [2.05, 4.69) is 23.1 Å². The molecule has 2 aliphatic rings. The molecule has 118 valence electrons. The van der Waals surface area contributed by atoms with E-state index >= 15 is 0 Å². The number of nitrogens with zero attached hydrogens (tertiary/aromatic N) is 2. The Labute approximate surface area is 137 Å². The van der Waals surface area contributed by atoms with E-state index in [1.54, 1.807) is 0 Å². The number of nitriles is 1. The Kier molecular flexibility index (Phi) is 5.70. The lowest BCUT2D eigenvalue weighted by molar-refractivity contribution is 0.183. The van der Waals surface area contributed by atoms with Gasteiger partial charge in [0.05, 0.1) is 18.2 Å². The van der Waals surface area contributed by atoms with Crippen molar-refractivity contribution in [1.82, 2.24) is 4.90 Å². The summed E-state index contributed by atoms with van der Waals surface area (Å²) < 4.78 is 5.82. The second kappa shape index (κ2) is 7.53. The average molecular weight is 321 g/mol. The van der Waals surface area contributed by atoms with Crippen LogP contribution in [0.15, 0.2) is 35.6 Å². The first kappa shape index (κ1) is 16.7. The minimum atomic E-state index is 0. The Hall–Kier alpha value is -1.70. The van der Waals surface area contributed by atoms with Gasteiger partial charge in [-0.25, -0.2) is 0 Å². The second-order valence-electron chi connectivity index (χ2n) is 5.84. The molecule has 0 aromatic heterocycles. The molecular formula is C17H21ClN2O2.